The van der Waals surface area contributed by atoms with Gasteiger partial charge < -0.3 is 10.4 Å². The van der Waals surface area contributed by atoms with Crippen molar-refractivity contribution in [3.05, 3.63) is 47.7 Å². The molecule has 0 unspecified atom stereocenters. The average molecular weight is 287 g/mol. The standard InChI is InChI=1S/C17H21NO3/c19-9-5-4-8-18-12-15-16(20)10-14(11-17(15)21)13-6-2-1-3-7-13/h1-3,6-7,12,14,18-19H,4-5,8-11H2. The van der Waals surface area contributed by atoms with Gasteiger partial charge in [-0.2, -0.15) is 0 Å². The minimum atomic E-state index is -0.0882. The SMILES string of the molecule is O=C1CC(c2ccccc2)CC(=O)C1=CNCCCCO. The van der Waals surface area contributed by atoms with Crippen molar-refractivity contribution < 1.29 is 14.7 Å². The number of hydrogen-bond acceptors (Lipinski definition) is 4. The highest BCUT2D eigenvalue weighted by Crippen LogP contribution is 2.31. The lowest BCUT2D eigenvalue weighted by Gasteiger charge is -2.22. The van der Waals surface area contributed by atoms with E-state index >= 15 is 0 Å². The molecule has 0 aliphatic heterocycles. The zero-order valence-corrected chi connectivity index (χ0v) is 12.0. The Balaban J connectivity index is 1.95. The topological polar surface area (TPSA) is 66.4 Å². The highest BCUT2D eigenvalue weighted by molar-refractivity contribution is 6.22. The summed E-state index contributed by atoms with van der Waals surface area (Å²) >= 11 is 0. The Bertz CT molecular complexity index is 502. The normalized spacial score (nSPS) is 18.7. The van der Waals surface area contributed by atoms with Gasteiger partial charge in [-0.05, 0) is 24.3 Å². The first-order valence-electron chi connectivity index (χ1n) is 7.38. The van der Waals surface area contributed by atoms with Crippen molar-refractivity contribution in [1.29, 1.82) is 0 Å². The quantitative estimate of drug-likeness (QED) is 0.477. The molecule has 112 valence electrons. The number of carbonyl (C=O) groups is 2. The number of benzene rings is 1. The zero-order chi connectivity index (χ0) is 15.1. The summed E-state index contributed by atoms with van der Waals surface area (Å²) in [5.74, 6) is -0.178. The predicted molar refractivity (Wildman–Crippen MR) is 80.8 cm³/mol. The van der Waals surface area contributed by atoms with Gasteiger partial charge in [0.2, 0.25) is 0 Å². The minimum absolute atomic E-state index is 0.00209. The predicted octanol–water partition coefficient (Wildman–Crippen LogP) is 1.95. The first kappa shape index (κ1) is 15.4. The molecule has 0 atom stereocenters. The first-order chi connectivity index (χ1) is 10.2. The molecule has 1 aromatic carbocycles. The summed E-state index contributed by atoms with van der Waals surface area (Å²) < 4.78 is 0. The van der Waals surface area contributed by atoms with Crippen LogP contribution in [0.4, 0.5) is 0 Å². The Morgan fingerprint density at radius 1 is 1.10 bits per heavy atom. The molecule has 1 fully saturated rings. The Labute approximate surface area is 124 Å². The molecule has 0 heterocycles. The van der Waals surface area contributed by atoms with Crippen LogP contribution in [-0.4, -0.2) is 29.8 Å². The number of ketones is 2. The lowest BCUT2D eigenvalue weighted by Crippen LogP contribution is -2.26. The van der Waals surface area contributed by atoms with Crippen molar-refractivity contribution in [3.63, 3.8) is 0 Å². The van der Waals surface area contributed by atoms with Gasteiger partial charge >= 0.3 is 0 Å². The molecule has 0 aromatic heterocycles. The number of nitrogens with one attached hydrogen (secondary N) is 1. The molecule has 0 amide bonds. The summed E-state index contributed by atoms with van der Waals surface area (Å²) in [6.45, 7) is 0.821. The number of unbranched alkanes of at least 4 members (excludes halogenated alkanes) is 1. The molecule has 21 heavy (non-hydrogen) atoms. The van der Waals surface area contributed by atoms with Crippen LogP contribution >= 0.6 is 0 Å². The molecule has 4 nitrogen and oxygen atoms in total. The molecule has 1 aromatic rings. The van der Waals surface area contributed by atoms with Gasteiger partial charge in [-0.25, -0.2) is 0 Å². The third-order valence-electron chi connectivity index (χ3n) is 3.71. The Hall–Kier alpha value is -1.94. The van der Waals surface area contributed by atoms with E-state index in [0.717, 1.165) is 12.0 Å². The van der Waals surface area contributed by atoms with E-state index in [4.69, 9.17) is 5.11 Å². The summed E-state index contributed by atoms with van der Waals surface area (Å²) in [6, 6.07) is 9.72. The molecule has 1 aliphatic rings. The molecular weight excluding hydrogens is 266 g/mol. The number of aliphatic hydroxyl groups excluding tert-OH is 1. The van der Waals surface area contributed by atoms with E-state index in [9.17, 15) is 9.59 Å². The van der Waals surface area contributed by atoms with Crippen LogP contribution in [0.5, 0.6) is 0 Å². The maximum atomic E-state index is 12.1. The number of Topliss-reactive ketones (excluding diaryl/α,β-unsaturated/α-hetero) is 2. The first-order valence-corrected chi connectivity index (χ1v) is 7.38. The van der Waals surface area contributed by atoms with E-state index in [-0.39, 0.29) is 29.7 Å². The number of rotatable bonds is 6. The van der Waals surface area contributed by atoms with Crippen LogP contribution in [0.2, 0.25) is 0 Å². The van der Waals surface area contributed by atoms with Crippen molar-refractivity contribution in [2.45, 2.75) is 31.6 Å². The molecule has 0 radical (unpaired) electrons. The highest BCUT2D eigenvalue weighted by Gasteiger charge is 2.31. The molecule has 1 aliphatic carbocycles. The summed E-state index contributed by atoms with van der Waals surface area (Å²) in [4.78, 5) is 24.3. The van der Waals surface area contributed by atoms with E-state index < -0.39 is 0 Å². The van der Waals surface area contributed by atoms with Crippen LogP contribution < -0.4 is 5.32 Å². The molecule has 2 rings (SSSR count). The fraction of sp³-hybridized carbons (Fsp3) is 0.412. The van der Waals surface area contributed by atoms with Crippen LogP contribution in [-0.2, 0) is 9.59 Å². The molecule has 1 saturated carbocycles. The van der Waals surface area contributed by atoms with Crippen LogP contribution in [0, 0.1) is 0 Å². The lowest BCUT2D eigenvalue weighted by molar-refractivity contribution is -0.124. The minimum Gasteiger partial charge on any atom is -0.396 e. The van der Waals surface area contributed by atoms with Crippen molar-refractivity contribution >= 4 is 11.6 Å². The molecule has 0 bridgehead atoms. The Morgan fingerprint density at radius 2 is 1.76 bits per heavy atom. The Kier molecular flexibility index (Phi) is 5.69. The average Bonchev–Trinajstić information content (AvgIpc) is 2.50. The van der Waals surface area contributed by atoms with E-state index in [1.807, 2.05) is 30.3 Å². The Morgan fingerprint density at radius 3 is 2.38 bits per heavy atom. The molecule has 0 saturated heterocycles. The van der Waals surface area contributed by atoms with Crippen LogP contribution in [0.1, 0.15) is 37.2 Å². The number of allylic oxidation sites excluding steroid dienone is 1. The van der Waals surface area contributed by atoms with Gasteiger partial charge in [-0.15, -0.1) is 0 Å². The van der Waals surface area contributed by atoms with Crippen molar-refractivity contribution in [1.82, 2.24) is 5.32 Å². The van der Waals surface area contributed by atoms with E-state index in [1.165, 1.54) is 0 Å². The maximum Gasteiger partial charge on any atom is 0.168 e. The summed E-state index contributed by atoms with van der Waals surface area (Å²) in [7, 11) is 0. The van der Waals surface area contributed by atoms with Crippen molar-refractivity contribution in [2.75, 3.05) is 13.2 Å². The lowest BCUT2D eigenvalue weighted by atomic mass is 9.80. The third kappa shape index (κ3) is 4.26. The van der Waals surface area contributed by atoms with Crippen molar-refractivity contribution in [3.8, 4) is 0 Å². The molecule has 4 heteroatoms. The fourth-order valence-corrected chi connectivity index (χ4v) is 2.53. The van der Waals surface area contributed by atoms with E-state index in [2.05, 4.69) is 5.32 Å². The monoisotopic (exact) mass is 287 g/mol. The van der Waals surface area contributed by atoms with Gasteiger partial charge in [0.1, 0.15) is 0 Å². The smallest absolute Gasteiger partial charge is 0.168 e. The second-order valence-electron chi connectivity index (χ2n) is 5.31. The maximum absolute atomic E-state index is 12.1. The van der Waals surface area contributed by atoms with E-state index in [1.54, 1.807) is 6.20 Å². The second-order valence-corrected chi connectivity index (χ2v) is 5.31. The van der Waals surface area contributed by atoms with Gasteiger partial charge in [-0.1, -0.05) is 30.3 Å². The molecule has 2 N–H and O–H groups in total. The number of carbonyl (C=O) groups excluding carboxylic acids is 2. The van der Waals surface area contributed by atoms with Gasteiger partial charge in [0.05, 0.1) is 5.57 Å². The fourth-order valence-electron chi connectivity index (χ4n) is 2.53. The highest BCUT2D eigenvalue weighted by atomic mass is 16.3. The van der Waals surface area contributed by atoms with E-state index in [0.29, 0.717) is 25.8 Å². The number of hydrogen-bond donors (Lipinski definition) is 2. The summed E-state index contributed by atoms with van der Waals surface area (Å²) in [6.07, 6.45) is 3.85. The van der Waals surface area contributed by atoms with Gasteiger partial charge in [0.15, 0.2) is 11.6 Å². The van der Waals surface area contributed by atoms with Gasteiger partial charge in [0.25, 0.3) is 0 Å². The van der Waals surface area contributed by atoms with Gasteiger partial charge in [-0.3, -0.25) is 9.59 Å². The largest absolute Gasteiger partial charge is 0.396 e. The zero-order valence-electron chi connectivity index (χ0n) is 12.0. The van der Waals surface area contributed by atoms with Crippen molar-refractivity contribution in [2.24, 2.45) is 0 Å². The van der Waals surface area contributed by atoms with Gasteiger partial charge in [0, 0.05) is 32.2 Å². The number of aliphatic hydroxyl groups is 1. The third-order valence-corrected chi connectivity index (χ3v) is 3.71. The van der Waals surface area contributed by atoms with Crippen LogP contribution in [0.15, 0.2) is 42.1 Å². The molecule has 0 spiro atoms. The molecular formula is C17H21NO3. The summed E-state index contributed by atoms with van der Waals surface area (Å²) in [5, 5.41) is 11.7. The summed E-state index contributed by atoms with van der Waals surface area (Å²) in [5.41, 5.74) is 1.33. The van der Waals surface area contributed by atoms with Crippen LogP contribution in [0.3, 0.4) is 0 Å². The van der Waals surface area contributed by atoms with Crippen LogP contribution in [0.25, 0.3) is 0 Å². The second kappa shape index (κ2) is 7.74.